The lowest BCUT2D eigenvalue weighted by molar-refractivity contribution is 0.0701. The van der Waals surface area contributed by atoms with Gasteiger partial charge in [0.25, 0.3) is 0 Å². The summed E-state index contributed by atoms with van der Waals surface area (Å²) in [5.41, 5.74) is 1.33. The number of thiazole rings is 1. The van der Waals surface area contributed by atoms with Crippen molar-refractivity contribution in [2.75, 3.05) is 7.11 Å². The lowest BCUT2D eigenvalue weighted by Crippen LogP contribution is -2.06. The highest BCUT2D eigenvalue weighted by molar-refractivity contribution is 7.17. The number of benzene rings is 1. The Labute approximate surface area is 127 Å². The molecule has 1 N–H and O–H groups in total. The summed E-state index contributed by atoms with van der Waals surface area (Å²) in [6.45, 7) is 5.57. The standard InChI is InChI=1S/C15H17NO4S/c1-8(2)20-11-6-5-10(7-12(11)19-4)14-16-9(3)13(21-14)15(17)18/h5-8H,1-4H3,(H,17,18). The summed E-state index contributed by atoms with van der Waals surface area (Å²) < 4.78 is 11.0. The quantitative estimate of drug-likeness (QED) is 0.913. The maximum absolute atomic E-state index is 11.1. The molecule has 1 aromatic carbocycles. The van der Waals surface area contributed by atoms with Crippen molar-refractivity contribution in [3.8, 4) is 22.1 Å². The Morgan fingerprint density at radius 3 is 2.57 bits per heavy atom. The third-order valence-corrected chi connectivity index (χ3v) is 3.96. The Balaban J connectivity index is 2.41. The van der Waals surface area contributed by atoms with Gasteiger partial charge in [0.15, 0.2) is 11.5 Å². The molecule has 1 heterocycles. The topological polar surface area (TPSA) is 68.7 Å². The van der Waals surface area contributed by atoms with Crippen LogP contribution in [0.4, 0.5) is 0 Å². The molecule has 5 nitrogen and oxygen atoms in total. The fourth-order valence-corrected chi connectivity index (χ4v) is 2.77. The minimum absolute atomic E-state index is 0.0467. The van der Waals surface area contributed by atoms with E-state index in [1.54, 1.807) is 14.0 Å². The van der Waals surface area contributed by atoms with Gasteiger partial charge >= 0.3 is 5.97 Å². The van der Waals surface area contributed by atoms with Gasteiger partial charge in [-0.05, 0) is 39.0 Å². The van der Waals surface area contributed by atoms with Crippen LogP contribution in [0.5, 0.6) is 11.5 Å². The van der Waals surface area contributed by atoms with E-state index in [2.05, 4.69) is 4.98 Å². The lowest BCUT2D eigenvalue weighted by Gasteiger charge is -2.14. The molecule has 6 heteroatoms. The number of carboxylic acid groups (broad SMARTS) is 1. The van der Waals surface area contributed by atoms with Gasteiger partial charge in [-0.3, -0.25) is 0 Å². The van der Waals surface area contributed by atoms with Crippen molar-refractivity contribution in [3.05, 3.63) is 28.8 Å². The van der Waals surface area contributed by atoms with Crippen molar-refractivity contribution >= 4 is 17.3 Å². The number of methoxy groups -OCH3 is 1. The second-order valence-electron chi connectivity index (χ2n) is 4.77. The zero-order chi connectivity index (χ0) is 15.6. The predicted octanol–water partition coefficient (Wildman–Crippen LogP) is 3.61. The van der Waals surface area contributed by atoms with Gasteiger partial charge in [-0.2, -0.15) is 0 Å². The van der Waals surface area contributed by atoms with Crippen molar-refractivity contribution in [1.29, 1.82) is 0 Å². The van der Waals surface area contributed by atoms with Gasteiger partial charge < -0.3 is 14.6 Å². The highest BCUT2D eigenvalue weighted by atomic mass is 32.1. The van der Waals surface area contributed by atoms with Crippen LogP contribution in [0.1, 0.15) is 29.2 Å². The first-order chi connectivity index (χ1) is 9.92. The Morgan fingerprint density at radius 1 is 1.33 bits per heavy atom. The van der Waals surface area contributed by atoms with Gasteiger partial charge in [-0.25, -0.2) is 9.78 Å². The van der Waals surface area contributed by atoms with E-state index in [-0.39, 0.29) is 11.0 Å². The summed E-state index contributed by atoms with van der Waals surface area (Å²) in [5.74, 6) is 0.303. The molecule has 0 radical (unpaired) electrons. The molecule has 0 atom stereocenters. The van der Waals surface area contributed by atoms with E-state index in [9.17, 15) is 4.79 Å². The zero-order valence-electron chi connectivity index (χ0n) is 12.3. The molecule has 0 amide bonds. The molecule has 0 saturated carbocycles. The van der Waals surface area contributed by atoms with Crippen LogP contribution in [-0.4, -0.2) is 29.3 Å². The molecule has 0 fully saturated rings. The summed E-state index contributed by atoms with van der Waals surface area (Å²) >= 11 is 1.15. The molecule has 0 bridgehead atoms. The smallest absolute Gasteiger partial charge is 0.347 e. The second kappa shape index (κ2) is 6.13. The maximum atomic E-state index is 11.1. The van der Waals surface area contributed by atoms with Crippen LogP contribution >= 0.6 is 11.3 Å². The van der Waals surface area contributed by atoms with Crippen LogP contribution in [0.2, 0.25) is 0 Å². The van der Waals surface area contributed by atoms with Crippen molar-refractivity contribution < 1.29 is 19.4 Å². The number of aromatic nitrogens is 1. The number of ether oxygens (including phenoxy) is 2. The van der Waals surface area contributed by atoms with Gasteiger partial charge in [0.05, 0.1) is 18.9 Å². The zero-order valence-corrected chi connectivity index (χ0v) is 13.2. The van der Waals surface area contributed by atoms with Crippen LogP contribution in [-0.2, 0) is 0 Å². The van der Waals surface area contributed by atoms with Crippen molar-refractivity contribution in [3.63, 3.8) is 0 Å². The summed E-state index contributed by atoms with van der Waals surface area (Å²) in [5, 5.41) is 9.75. The SMILES string of the molecule is COc1cc(-c2nc(C)c(C(=O)O)s2)ccc1OC(C)C. The predicted molar refractivity (Wildman–Crippen MR) is 81.6 cm³/mol. The summed E-state index contributed by atoms with van der Waals surface area (Å²) in [7, 11) is 1.57. The van der Waals surface area contributed by atoms with E-state index in [4.69, 9.17) is 14.6 Å². The normalized spacial score (nSPS) is 10.7. The number of hydrogen-bond acceptors (Lipinski definition) is 5. The molecule has 2 rings (SSSR count). The van der Waals surface area contributed by atoms with Crippen LogP contribution in [0.25, 0.3) is 10.6 Å². The molecule has 1 aromatic heterocycles. The number of carbonyl (C=O) groups is 1. The molecule has 0 unspecified atom stereocenters. The number of nitrogens with zero attached hydrogens (tertiary/aromatic N) is 1. The van der Waals surface area contributed by atoms with Gasteiger partial charge in [0, 0.05) is 5.56 Å². The van der Waals surface area contributed by atoms with E-state index in [1.807, 2.05) is 32.0 Å². The molecular weight excluding hydrogens is 290 g/mol. The molecule has 0 aliphatic carbocycles. The number of aromatic carboxylic acids is 1. The highest BCUT2D eigenvalue weighted by Gasteiger charge is 2.16. The average molecular weight is 307 g/mol. The fourth-order valence-electron chi connectivity index (χ4n) is 1.87. The molecular formula is C15H17NO4S. The third-order valence-electron chi connectivity index (χ3n) is 2.76. The van der Waals surface area contributed by atoms with Crippen LogP contribution in [0.15, 0.2) is 18.2 Å². The summed E-state index contributed by atoms with van der Waals surface area (Å²) in [4.78, 5) is 15.7. The largest absolute Gasteiger partial charge is 0.493 e. The highest BCUT2D eigenvalue weighted by Crippen LogP contribution is 2.35. The van der Waals surface area contributed by atoms with Gasteiger partial charge in [-0.1, -0.05) is 0 Å². The number of aryl methyl sites for hydroxylation is 1. The molecule has 0 spiro atoms. The maximum Gasteiger partial charge on any atom is 0.347 e. The Hall–Kier alpha value is -2.08. The van der Waals surface area contributed by atoms with E-state index in [0.717, 1.165) is 16.9 Å². The van der Waals surface area contributed by atoms with Crippen LogP contribution < -0.4 is 9.47 Å². The van der Waals surface area contributed by atoms with Crippen LogP contribution in [0, 0.1) is 6.92 Å². The number of rotatable bonds is 5. The Morgan fingerprint density at radius 2 is 2.05 bits per heavy atom. The van der Waals surface area contributed by atoms with E-state index in [0.29, 0.717) is 22.2 Å². The van der Waals surface area contributed by atoms with Gasteiger partial charge in [0.1, 0.15) is 9.88 Å². The molecule has 0 aliphatic rings. The fraction of sp³-hybridized carbons (Fsp3) is 0.333. The van der Waals surface area contributed by atoms with E-state index < -0.39 is 5.97 Å². The summed E-state index contributed by atoms with van der Waals surface area (Å²) in [6, 6.07) is 5.47. The number of carboxylic acids is 1. The van der Waals surface area contributed by atoms with Crippen molar-refractivity contribution in [2.45, 2.75) is 26.9 Å². The molecule has 0 saturated heterocycles. The van der Waals surface area contributed by atoms with E-state index in [1.165, 1.54) is 0 Å². The second-order valence-corrected chi connectivity index (χ2v) is 5.77. The average Bonchev–Trinajstić information content (AvgIpc) is 2.81. The number of hydrogen-bond donors (Lipinski definition) is 1. The lowest BCUT2D eigenvalue weighted by atomic mass is 10.2. The van der Waals surface area contributed by atoms with Crippen LogP contribution in [0.3, 0.4) is 0 Å². The van der Waals surface area contributed by atoms with Crippen molar-refractivity contribution in [2.24, 2.45) is 0 Å². The van der Waals surface area contributed by atoms with Gasteiger partial charge in [0.2, 0.25) is 0 Å². The van der Waals surface area contributed by atoms with E-state index >= 15 is 0 Å². The first-order valence-corrected chi connectivity index (χ1v) is 7.29. The Bertz CT molecular complexity index is 664. The summed E-state index contributed by atoms with van der Waals surface area (Å²) in [6.07, 6.45) is 0.0467. The minimum atomic E-state index is -0.956. The first-order valence-electron chi connectivity index (χ1n) is 6.48. The first kappa shape index (κ1) is 15.3. The minimum Gasteiger partial charge on any atom is -0.493 e. The third kappa shape index (κ3) is 3.33. The molecule has 112 valence electrons. The Kier molecular flexibility index (Phi) is 4.47. The molecule has 21 heavy (non-hydrogen) atoms. The van der Waals surface area contributed by atoms with Crippen molar-refractivity contribution in [1.82, 2.24) is 4.98 Å². The van der Waals surface area contributed by atoms with Gasteiger partial charge in [-0.15, -0.1) is 11.3 Å². The monoisotopic (exact) mass is 307 g/mol. The molecule has 0 aliphatic heterocycles. The molecule has 2 aromatic rings.